The van der Waals surface area contributed by atoms with Crippen LogP contribution >= 0.6 is 11.3 Å². The van der Waals surface area contributed by atoms with E-state index in [2.05, 4.69) is 20.3 Å². The lowest BCUT2D eigenvalue weighted by Crippen LogP contribution is -2.13. The van der Waals surface area contributed by atoms with E-state index in [9.17, 15) is 13.2 Å². The van der Waals surface area contributed by atoms with Gasteiger partial charge < -0.3 is 9.47 Å². The summed E-state index contributed by atoms with van der Waals surface area (Å²) in [7, 11) is -3.38. The molecule has 0 saturated heterocycles. The van der Waals surface area contributed by atoms with Gasteiger partial charge in [0.25, 0.3) is 5.91 Å². The lowest BCUT2D eigenvalue weighted by Gasteiger charge is -2.14. The van der Waals surface area contributed by atoms with Gasteiger partial charge in [-0.15, -0.1) is 0 Å². The molecule has 0 radical (unpaired) electrons. The smallest absolute Gasteiger partial charge is 0.257 e. The summed E-state index contributed by atoms with van der Waals surface area (Å²) in [5, 5.41) is 2.93. The number of nitrogens with one attached hydrogen (secondary N) is 1. The molecule has 9 nitrogen and oxygen atoms in total. The molecule has 0 aliphatic heterocycles. The van der Waals surface area contributed by atoms with E-state index < -0.39 is 9.84 Å². The number of nitrogens with zero attached hydrogens (tertiary/aromatic N) is 3. The Balaban J connectivity index is 1.38. The first-order valence-corrected chi connectivity index (χ1v) is 13.4. The highest BCUT2D eigenvalue weighted by Crippen LogP contribution is 2.34. The quantitative estimate of drug-likeness (QED) is 0.357. The molecule has 4 aromatic rings. The standard InChI is InChI=1S/C24H22N4O5S2/c1-14(2)32-17-10-15(22(29)28-24-27-20-4-3-9-25-23(20)34-24)11-18(12-17)33-16-5-8-21(26-13-16)35(30,31)19-6-7-19/h3-5,8-14,19H,6-7H2,1-2H3,(H,27,28,29). The number of sulfone groups is 1. The molecule has 1 saturated carbocycles. The summed E-state index contributed by atoms with van der Waals surface area (Å²) in [5.74, 6) is 0.755. The second-order valence-corrected chi connectivity index (χ2v) is 11.5. The molecule has 180 valence electrons. The fraction of sp³-hybridized carbons (Fsp3) is 0.250. The van der Waals surface area contributed by atoms with E-state index in [4.69, 9.17) is 9.47 Å². The Kier molecular flexibility index (Phi) is 6.12. The van der Waals surface area contributed by atoms with Gasteiger partial charge in [-0.25, -0.2) is 23.4 Å². The fourth-order valence-electron chi connectivity index (χ4n) is 3.38. The van der Waals surface area contributed by atoms with Crippen molar-refractivity contribution < 1.29 is 22.7 Å². The number of thiazole rings is 1. The Labute approximate surface area is 206 Å². The molecule has 1 amide bonds. The van der Waals surface area contributed by atoms with Crippen molar-refractivity contribution in [1.82, 2.24) is 15.0 Å². The van der Waals surface area contributed by atoms with Crippen LogP contribution in [0.3, 0.4) is 0 Å². The summed E-state index contributed by atoms with van der Waals surface area (Å²) in [6.07, 6.45) is 4.25. The number of ether oxygens (including phenoxy) is 2. The highest BCUT2D eigenvalue weighted by Gasteiger charge is 2.37. The minimum absolute atomic E-state index is 0.0367. The molecular weight excluding hydrogens is 488 g/mol. The van der Waals surface area contributed by atoms with Crippen molar-refractivity contribution >= 4 is 42.6 Å². The van der Waals surface area contributed by atoms with Crippen LogP contribution in [0, 0.1) is 0 Å². The number of pyridine rings is 2. The fourth-order valence-corrected chi connectivity index (χ4v) is 5.73. The van der Waals surface area contributed by atoms with Gasteiger partial charge in [0, 0.05) is 17.8 Å². The Bertz CT molecular complexity index is 1460. The van der Waals surface area contributed by atoms with Gasteiger partial charge in [0.15, 0.2) is 20.0 Å². The zero-order chi connectivity index (χ0) is 24.6. The lowest BCUT2D eigenvalue weighted by atomic mass is 10.2. The molecule has 1 aliphatic rings. The first-order valence-electron chi connectivity index (χ1n) is 11.0. The van der Waals surface area contributed by atoms with Crippen molar-refractivity contribution in [3.05, 3.63) is 60.4 Å². The highest BCUT2D eigenvalue weighted by atomic mass is 32.2. The minimum atomic E-state index is -3.38. The molecule has 35 heavy (non-hydrogen) atoms. The van der Waals surface area contributed by atoms with Gasteiger partial charge in [0.2, 0.25) is 0 Å². The minimum Gasteiger partial charge on any atom is -0.491 e. The van der Waals surface area contributed by atoms with Crippen molar-refractivity contribution in [3.63, 3.8) is 0 Å². The van der Waals surface area contributed by atoms with Gasteiger partial charge in [0.1, 0.15) is 27.6 Å². The predicted molar refractivity (Wildman–Crippen MR) is 132 cm³/mol. The predicted octanol–water partition coefficient (Wildman–Crippen LogP) is 4.85. The second kappa shape index (κ2) is 9.23. The van der Waals surface area contributed by atoms with E-state index in [-0.39, 0.29) is 22.3 Å². The summed E-state index contributed by atoms with van der Waals surface area (Å²) in [4.78, 5) is 26.4. The number of hydrogen-bond donors (Lipinski definition) is 1. The normalized spacial score (nSPS) is 13.7. The molecule has 1 aromatic carbocycles. The molecule has 1 fully saturated rings. The van der Waals surface area contributed by atoms with E-state index in [1.807, 2.05) is 19.9 Å². The zero-order valence-electron chi connectivity index (χ0n) is 19.0. The Morgan fingerprint density at radius 3 is 2.57 bits per heavy atom. The van der Waals surface area contributed by atoms with Crippen LogP contribution in [-0.2, 0) is 9.84 Å². The molecule has 0 bridgehead atoms. The molecule has 0 unspecified atom stereocenters. The lowest BCUT2D eigenvalue weighted by molar-refractivity contribution is 0.102. The van der Waals surface area contributed by atoms with Crippen LogP contribution in [0.1, 0.15) is 37.0 Å². The van der Waals surface area contributed by atoms with Crippen LogP contribution in [0.5, 0.6) is 17.2 Å². The Morgan fingerprint density at radius 1 is 1.09 bits per heavy atom. The van der Waals surface area contributed by atoms with Gasteiger partial charge in [0.05, 0.1) is 17.6 Å². The number of amides is 1. The maximum absolute atomic E-state index is 13.0. The van der Waals surface area contributed by atoms with Gasteiger partial charge in [-0.2, -0.15) is 0 Å². The largest absolute Gasteiger partial charge is 0.491 e. The topological polar surface area (TPSA) is 120 Å². The molecule has 1 aliphatic carbocycles. The van der Waals surface area contributed by atoms with Crippen LogP contribution in [0.25, 0.3) is 10.3 Å². The monoisotopic (exact) mass is 510 g/mol. The van der Waals surface area contributed by atoms with E-state index >= 15 is 0 Å². The summed E-state index contributed by atoms with van der Waals surface area (Å²) >= 11 is 1.28. The average Bonchev–Trinajstić information content (AvgIpc) is 3.60. The number of aromatic nitrogens is 3. The number of hydrogen-bond acceptors (Lipinski definition) is 9. The zero-order valence-corrected chi connectivity index (χ0v) is 20.6. The number of carbonyl (C=O) groups excluding carboxylic acids is 1. The van der Waals surface area contributed by atoms with Gasteiger partial charge in [-0.3, -0.25) is 10.1 Å². The van der Waals surface area contributed by atoms with Crippen molar-refractivity contribution in [2.75, 3.05) is 5.32 Å². The number of carbonyl (C=O) groups is 1. The van der Waals surface area contributed by atoms with Crippen molar-refractivity contribution in [2.45, 2.75) is 43.1 Å². The third-order valence-corrected chi connectivity index (χ3v) is 8.17. The van der Waals surface area contributed by atoms with E-state index in [1.54, 1.807) is 36.5 Å². The SMILES string of the molecule is CC(C)Oc1cc(Oc2ccc(S(=O)(=O)C3CC3)nc2)cc(C(=O)Nc2nc3cccnc3s2)c1. The maximum atomic E-state index is 13.0. The molecule has 11 heteroatoms. The highest BCUT2D eigenvalue weighted by molar-refractivity contribution is 7.92. The van der Waals surface area contributed by atoms with Gasteiger partial charge in [-0.1, -0.05) is 11.3 Å². The number of benzene rings is 1. The average molecular weight is 511 g/mol. The number of fused-ring (bicyclic) bond motifs is 1. The summed E-state index contributed by atoms with van der Waals surface area (Å²) < 4.78 is 36.4. The van der Waals surface area contributed by atoms with Gasteiger partial charge >= 0.3 is 0 Å². The number of anilines is 1. The molecule has 3 heterocycles. The maximum Gasteiger partial charge on any atom is 0.257 e. The first kappa shape index (κ1) is 23.2. The van der Waals surface area contributed by atoms with Crippen molar-refractivity contribution in [3.8, 4) is 17.2 Å². The van der Waals surface area contributed by atoms with E-state index in [1.165, 1.54) is 23.6 Å². The molecule has 0 spiro atoms. The molecule has 3 aromatic heterocycles. The summed E-state index contributed by atoms with van der Waals surface area (Å²) in [5.41, 5.74) is 1.01. The van der Waals surface area contributed by atoms with Gasteiger partial charge in [-0.05, 0) is 63.1 Å². The molecular formula is C24H22N4O5S2. The summed E-state index contributed by atoms with van der Waals surface area (Å²) in [6.45, 7) is 3.76. The molecule has 0 atom stereocenters. The summed E-state index contributed by atoms with van der Waals surface area (Å²) in [6, 6.07) is 11.4. The second-order valence-electron chi connectivity index (χ2n) is 8.34. The van der Waals surface area contributed by atoms with Crippen LogP contribution in [0.2, 0.25) is 0 Å². The van der Waals surface area contributed by atoms with Crippen LogP contribution in [0.15, 0.2) is 59.9 Å². The molecule has 1 N–H and O–H groups in total. The third-order valence-electron chi connectivity index (χ3n) is 5.10. The Hall–Kier alpha value is -3.57. The van der Waals surface area contributed by atoms with Crippen molar-refractivity contribution in [2.24, 2.45) is 0 Å². The van der Waals surface area contributed by atoms with Crippen molar-refractivity contribution in [1.29, 1.82) is 0 Å². The van der Waals surface area contributed by atoms with E-state index in [0.717, 1.165) is 4.83 Å². The third kappa shape index (κ3) is 5.25. The Morgan fingerprint density at radius 2 is 1.89 bits per heavy atom. The van der Waals surface area contributed by atoms with Crippen LogP contribution < -0.4 is 14.8 Å². The first-order chi connectivity index (χ1) is 16.8. The molecule has 5 rings (SSSR count). The van der Waals surface area contributed by atoms with Crippen LogP contribution in [0.4, 0.5) is 5.13 Å². The van der Waals surface area contributed by atoms with E-state index in [0.29, 0.717) is 46.3 Å². The number of rotatable bonds is 8. The van der Waals surface area contributed by atoms with Crippen LogP contribution in [-0.4, -0.2) is 40.6 Å².